The van der Waals surface area contributed by atoms with Crippen LogP contribution in [0.5, 0.6) is 0 Å². The largest absolute Gasteiger partial charge is 1.00 e. The Morgan fingerprint density at radius 2 is 2.17 bits per heavy atom. The van der Waals surface area contributed by atoms with E-state index >= 15 is 0 Å². The van der Waals surface area contributed by atoms with Gasteiger partial charge in [0.15, 0.2) is 0 Å². The molecule has 0 aromatic carbocycles. The van der Waals surface area contributed by atoms with Crippen molar-refractivity contribution in [3.8, 4) is 0 Å². The second kappa shape index (κ2) is 6.67. The first-order valence-corrected chi connectivity index (χ1v) is 4.16. The molecule has 1 N–H and O–H groups in total. The summed E-state index contributed by atoms with van der Waals surface area (Å²) >= 11 is 0. The average molecular weight is 203 g/mol. The summed E-state index contributed by atoms with van der Waals surface area (Å²) in [5.74, 6) is -0.925. The maximum atomic E-state index is 9.95. The minimum atomic E-state index is -4.44. The molecule has 7 nitrogen and oxygen atoms in total. The van der Waals surface area contributed by atoms with Gasteiger partial charge in [0, 0.05) is 4.91 Å². The van der Waals surface area contributed by atoms with E-state index in [9.17, 15) is 13.0 Å². The Bertz CT molecular complexity index is 259. The molecule has 0 rings (SSSR count). The smallest absolute Gasteiger partial charge is 0.748 e. The molecule has 0 amide bonds. The van der Waals surface area contributed by atoms with Crippen molar-refractivity contribution in [3.05, 3.63) is 10.4 Å². The molecule has 12 heavy (non-hydrogen) atoms. The SMILES string of the molecule is [N-]=[N+]=NCC(O)CS(=O)(=O)[O-].[Na+]. The van der Waals surface area contributed by atoms with Crippen LogP contribution in [0, 0.1) is 0 Å². The normalized spacial score (nSPS) is 12.5. The summed E-state index contributed by atoms with van der Waals surface area (Å²) in [6.45, 7) is -0.405. The fourth-order valence-corrected chi connectivity index (χ4v) is 0.996. The van der Waals surface area contributed by atoms with Crippen LogP contribution in [0.25, 0.3) is 10.4 Å². The number of rotatable bonds is 4. The first kappa shape index (κ1) is 14.7. The number of hydrogen-bond donors (Lipinski definition) is 1. The first-order valence-electron chi connectivity index (χ1n) is 2.58. The van der Waals surface area contributed by atoms with Gasteiger partial charge in [-0.05, 0) is 5.53 Å². The summed E-state index contributed by atoms with van der Waals surface area (Å²) in [5.41, 5.74) is 7.73. The van der Waals surface area contributed by atoms with Crippen molar-refractivity contribution in [1.29, 1.82) is 0 Å². The molecule has 0 spiro atoms. The van der Waals surface area contributed by atoms with E-state index in [1.54, 1.807) is 0 Å². The summed E-state index contributed by atoms with van der Waals surface area (Å²) in [6, 6.07) is 0. The van der Waals surface area contributed by atoms with Gasteiger partial charge < -0.3 is 9.66 Å². The van der Waals surface area contributed by atoms with Crippen molar-refractivity contribution >= 4 is 10.1 Å². The molecule has 9 heteroatoms. The fourth-order valence-electron chi connectivity index (χ4n) is 0.419. The van der Waals surface area contributed by atoms with Crippen LogP contribution < -0.4 is 29.6 Å². The zero-order valence-corrected chi connectivity index (χ0v) is 9.23. The molecular formula is C3H6N3NaO4S. The van der Waals surface area contributed by atoms with E-state index in [-0.39, 0.29) is 29.6 Å². The van der Waals surface area contributed by atoms with Gasteiger partial charge in [-0.3, -0.25) is 0 Å². The second-order valence-electron chi connectivity index (χ2n) is 1.79. The molecule has 0 heterocycles. The van der Waals surface area contributed by atoms with Gasteiger partial charge in [-0.25, -0.2) is 8.42 Å². The van der Waals surface area contributed by atoms with Crippen molar-refractivity contribution in [1.82, 2.24) is 0 Å². The van der Waals surface area contributed by atoms with Crippen LogP contribution in [0.2, 0.25) is 0 Å². The topological polar surface area (TPSA) is 126 Å². The standard InChI is InChI=1S/C3H7N3O4S.Na/c4-6-5-1-3(7)2-11(8,9)10;/h3,7H,1-2H2,(H,8,9,10);/q;+1/p-1. The molecule has 0 aliphatic rings. The molecule has 0 fully saturated rings. The molecule has 0 aliphatic carbocycles. The van der Waals surface area contributed by atoms with Crippen LogP contribution in [0.1, 0.15) is 0 Å². The zero-order valence-electron chi connectivity index (χ0n) is 6.41. The molecule has 0 bridgehead atoms. The maximum absolute atomic E-state index is 9.95. The van der Waals surface area contributed by atoms with Crippen LogP contribution >= 0.6 is 0 Å². The molecule has 0 radical (unpaired) electrons. The van der Waals surface area contributed by atoms with E-state index in [2.05, 4.69) is 10.0 Å². The van der Waals surface area contributed by atoms with E-state index in [4.69, 9.17) is 10.6 Å². The van der Waals surface area contributed by atoms with E-state index in [1.807, 2.05) is 0 Å². The predicted octanol–water partition coefficient (Wildman–Crippen LogP) is -3.79. The maximum Gasteiger partial charge on any atom is 1.00 e. The molecule has 0 saturated heterocycles. The van der Waals surface area contributed by atoms with Crippen LogP contribution in [0.4, 0.5) is 0 Å². The number of aliphatic hydroxyl groups excluding tert-OH is 1. The van der Waals surface area contributed by atoms with Crippen molar-refractivity contribution in [3.63, 3.8) is 0 Å². The third-order valence-electron chi connectivity index (χ3n) is 0.752. The molecule has 1 unspecified atom stereocenters. The quantitative estimate of drug-likeness (QED) is 0.165. The van der Waals surface area contributed by atoms with E-state index in [0.29, 0.717) is 0 Å². The summed E-state index contributed by atoms with van der Waals surface area (Å²) in [5, 5.41) is 11.6. The zero-order chi connectivity index (χ0) is 8.91. The Labute approximate surface area is 91.4 Å². The first-order chi connectivity index (χ1) is 4.95. The van der Waals surface area contributed by atoms with Gasteiger partial charge in [0.1, 0.15) is 0 Å². The third kappa shape index (κ3) is 10.2. The third-order valence-corrected chi connectivity index (χ3v) is 1.55. The fraction of sp³-hybridized carbons (Fsp3) is 1.00. The second-order valence-corrected chi connectivity index (χ2v) is 3.24. The Morgan fingerprint density at radius 3 is 2.50 bits per heavy atom. The van der Waals surface area contributed by atoms with Gasteiger partial charge in [0.05, 0.1) is 28.5 Å². The molecule has 0 aromatic rings. The summed E-state index contributed by atoms with van der Waals surface area (Å²) in [7, 11) is -4.44. The average Bonchev–Trinajstić information content (AvgIpc) is 1.79. The van der Waals surface area contributed by atoms with E-state index < -0.39 is 28.5 Å². The Morgan fingerprint density at radius 1 is 1.67 bits per heavy atom. The van der Waals surface area contributed by atoms with Gasteiger partial charge in [0.2, 0.25) is 0 Å². The molecule has 64 valence electrons. The Kier molecular flexibility index (Phi) is 8.17. The van der Waals surface area contributed by atoms with Crippen molar-refractivity contribution < 1.29 is 47.6 Å². The van der Waals surface area contributed by atoms with Gasteiger partial charge in [-0.2, -0.15) is 0 Å². The minimum Gasteiger partial charge on any atom is -0.748 e. The van der Waals surface area contributed by atoms with Gasteiger partial charge >= 0.3 is 29.6 Å². The van der Waals surface area contributed by atoms with E-state index in [0.717, 1.165) is 0 Å². The van der Waals surface area contributed by atoms with Gasteiger partial charge in [-0.1, -0.05) is 5.11 Å². The van der Waals surface area contributed by atoms with E-state index in [1.165, 1.54) is 0 Å². The van der Waals surface area contributed by atoms with Crippen LogP contribution in [0.3, 0.4) is 0 Å². The number of nitrogens with zero attached hydrogens (tertiary/aromatic N) is 3. The van der Waals surface area contributed by atoms with Crippen molar-refractivity contribution in [2.24, 2.45) is 5.11 Å². The summed E-state index contributed by atoms with van der Waals surface area (Å²) in [6.07, 6.45) is -1.41. The van der Waals surface area contributed by atoms with Crippen molar-refractivity contribution in [2.45, 2.75) is 6.10 Å². The molecule has 1 atom stereocenters. The Balaban J connectivity index is 0. The van der Waals surface area contributed by atoms with Crippen LogP contribution in [-0.4, -0.2) is 36.5 Å². The van der Waals surface area contributed by atoms with Gasteiger partial charge in [-0.15, -0.1) is 0 Å². The summed E-state index contributed by atoms with van der Waals surface area (Å²) < 4.78 is 29.9. The number of aliphatic hydroxyl groups is 1. The van der Waals surface area contributed by atoms with Gasteiger partial charge in [0.25, 0.3) is 0 Å². The summed E-state index contributed by atoms with van der Waals surface area (Å²) in [4.78, 5) is 2.27. The van der Waals surface area contributed by atoms with Crippen LogP contribution in [0.15, 0.2) is 5.11 Å². The minimum absolute atomic E-state index is 0. The number of azide groups is 1. The van der Waals surface area contributed by atoms with Crippen LogP contribution in [-0.2, 0) is 10.1 Å². The van der Waals surface area contributed by atoms with Crippen molar-refractivity contribution in [2.75, 3.05) is 12.3 Å². The monoisotopic (exact) mass is 203 g/mol. The predicted molar refractivity (Wildman–Crippen MR) is 34.6 cm³/mol. The molecular weight excluding hydrogens is 197 g/mol. The number of hydrogen-bond acceptors (Lipinski definition) is 5. The Hall–Kier alpha value is 0.180. The molecule has 0 aromatic heterocycles. The molecule has 0 aliphatic heterocycles. The molecule has 0 saturated carbocycles.